The van der Waals surface area contributed by atoms with E-state index in [0.717, 1.165) is 42.7 Å². The van der Waals surface area contributed by atoms with E-state index in [2.05, 4.69) is 5.16 Å². The van der Waals surface area contributed by atoms with Crippen LogP contribution in [0.2, 0.25) is 0 Å². The molecule has 0 radical (unpaired) electrons. The molecule has 1 N–H and O–H groups in total. The zero-order valence-electron chi connectivity index (χ0n) is 14.5. The van der Waals surface area contributed by atoms with Gasteiger partial charge in [0.25, 0.3) is 0 Å². The highest BCUT2D eigenvalue weighted by atomic mass is 16.5. The molecule has 1 saturated carbocycles. The van der Waals surface area contributed by atoms with E-state index in [1.54, 1.807) is 4.90 Å². The van der Waals surface area contributed by atoms with Crippen molar-refractivity contribution in [3.8, 4) is 0 Å². The number of nitrogens with zero attached hydrogens (tertiary/aromatic N) is 2. The van der Waals surface area contributed by atoms with Crippen LogP contribution in [0.15, 0.2) is 4.52 Å². The van der Waals surface area contributed by atoms with Gasteiger partial charge in [-0.15, -0.1) is 0 Å². The second-order valence-electron chi connectivity index (χ2n) is 6.92. The van der Waals surface area contributed by atoms with Crippen molar-refractivity contribution < 1.29 is 19.2 Å². The molecule has 0 unspecified atom stereocenters. The molecule has 3 atom stereocenters. The fourth-order valence-electron chi connectivity index (χ4n) is 4.42. The Hall–Kier alpha value is -1.85. The van der Waals surface area contributed by atoms with Gasteiger partial charge >= 0.3 is 5.97 Å². The van der Waals surface area contributed by atoms with Gasteiger partial charge in [0.05, 0.1) is 12.1 Å². The summed E-state index contributed by atoms with van der Waals surface area (Å²) in [7, 11) is 0. The second kappa shape index (κ2) is 6.95. The van der Waals surface area contributed by atoms with E-state index in [1.165, 1.54) is 0 Å². The molecule has 2 aliphatic rings. The van der Waals surface area contributed by atoms with Crippen molar-refractivity contribution in [2.75, 3.05) is 0 Å². The van der Waals surface area contributed by atoms with Gasteiger partial charge in [0.1, 0.15) is 11.8 Å². The minimum Gasteiger partial charge on any atom is -0.480 e. The van der Waals surface area contributed by atoms with E-state index in [1.807, 2.05) is 13.8 Å². The Morgan fingerprint density at radius 2 is 2.00 bits per heavy atom. The SMILES string of the molecule is CCc1noc(CC)c1CC(=O)N1[C@@H]2CCCC[C@@H]2C[C@H]1C(=O)O. The van der Waals surface area contributed by atoms with Crippen molar-refractivity contribution in [1.29, 1.82) is 0 Å². The molecule has 1 aliphatic carbocycles. The van der Waals surface area contributed by atoms with Crippen LogP contribution in [0, 0.1) is 5.92 Å². The molecule has 6 nitrogen and oxygen atoms in total. The smallest absolute Gasteiger partial charge is 0.326 e. The number of carbonyl (C=O) groups excluding carboxylic acids is 1. The molecule has 0 aromatic carbocycles. The van der Waals surface area contributed by atoms with Crippen LogP contribution in [0.1, 0.15) is 63.0 Å². The minimum atomic E-state index is -0.880. The quantitative estimate of drug-likeness (QED) is 0.895. The summed E-state index contributed by atoms with van der Waals surface area (Å²) in [6.45, 7) is 3.96. The van der Waals surface area contributed by atoms with Gasteiger partial charge in [-0.3, -0.25) is 4.79 Å². The molecule has 1 aromatic heterocycles. The first-order valence-corrected chi connectivity index (χ1v) is 9.07. The number of fused-ring (bicyclic) bond motifs is 1. The lowest BCUT2D eigenvalue weighted by Gasteiger charge is -2.33. The molecule has 1 aromatic rings. The lowest BCUT2D eigenvalue weighted by atomic mass is 9.84. The van der Waals surface area contributed by atoms with Crippen molar-refractivity contribution in [1.82, 2.24) is 10.1 Å². The average molecular weight is 334 g/mol. The first-order valence-electron chi connectivity index (χ1n) is 9.07. The van der Waals surface area contributed by atoms with Gasteiger partial charge in [-0.2, -0.15) is 0 Å². The van der Waals surface area contributed by atoms with E-state index in [4.69, 9.17) is 4.52 Å². The summed E-state index contributed by atoms with van der Waals surface area (Å²) in [6, 6.07) is -0.594. The van der Waals surface area contributed by atoms with Crippen LogP contribution in [-0.4, -0.2) is 39.1 Å². The van der Waals surface area contributed by atoms with Gasteiger partial charge in [0.2, 0.25) is 5.91 Å². The third kappa shape index (κ3) is 2.94. The molecule has 0 spiro atoms. The fourth-order valence-corrected chi connectivity index (χ4v) is 4.42. The van der Waals surface area contributed by atoms with Gasteiger partial charge in [0, 0.05) is 18.0 Å². The van der Waals surface area contributed by atoms with E-state index < -0.39 is 12.0 Å². The number of aromatic nitrogens is 1. The lowest BCUT2D eigenvalue weighted by Crippen LogP contribution is -2.47. The molecule has 3 rings (SSSR count). The van der Waals surface area contributed by atoms with E-state index >= 15 is 0 Å². The van der Waals surface area contributed by atoms with E-state index in [9.17, 15) is 14.7 Å². The van der Waals surface area contributed by atoms with Crippen molar-refractivity contribution >= 4 is 11.9 Å². The van der Waals surface area contributed by atoms with Crippen LogP contribution >= 0.6 is 0 Å². The van der Waals surface area contributed by atoms with Crippen molar-refractivity contribution in [3.63, 3.8) is 0 Å². The maximum atomic E-state index is 13.0. The lowest BCUT2D eigenvalue weighted by molar-refractivity contribution is -0.149. The summed E-state index contributed by atoms with van der Waals surface area (Å²) >= 11 is 0. The summed E-state index contributed by atoms with van der Waals surface area (Å²) in [6.07, 6.45) is 6.35. The highest BCUT2D eigenvalue weighted by Crippen LogP contribution is 2.40. The van der Waals surface area contributed by atoms with Gasteiger partial charge in [-0.1, -0.05) is 31.8 Å². The van der Waals surface area contributed by atoms with Gasteiger partial charge in [-0.05, 0) is 31.6 Å². The van der Waals surface area contributed by atoms with Crippen LogP contribution in [-0.2, 0) is 28.9 Å². The number of hydrogen-bond donors (Lipinski definition) is 1. The van der Waals surface area contributed by atoms with Crippen LogP contribution < -0.4 is 0 Å². The monoisotopic (exact) mass is 334 g/mol. The molecule has 24 heavy (non-hydrogen) atoms. The Morgan fingerprint density at radius 3 is 2.67 bits per heavy atom. The zero-order valence-corrected chi connectivity index (χ0v) is 14.5. The number of aliphatic carboxylic acids is 1. The average Bonchev–Trinajstić information content (AvgIpc) is 3.15. The van der Waals surface area contributed by atoms with Crippen molar-refractivity contribution in [2.24, 2.45) is 5.92 Å². The molecule has 1 amide bonds. The number of likely N-dealkylation sites (tertiary alicyclic amines) is 1. The normalized spacial score (nSPS) is 26.4. The van der Waals surface area contributed by atoms with E-state index in [-0.39, 0.29) is 18.4 Å². The number of carbonyl (C=O) groups is 2. The Kier molecular flexibility index (Phi) is 4.92. The zero-order chi connectivity index (χ0) is 17.3. The number of carboxylic acids is 1. The fraction of sp³-hybridized carbons (Fsp3) is 0.722. The van der Waals surface area contributed by atoms with Gasteiger partial charge in [0.15, 0.2) is 0 Å². The van der Waals surface area contributed by atoms with Gasteiger partial charge < -0.3 is 14.5 Å². The Labute approximate surface area is 142 Å². The van der Waals surface area contributed by atoms with E-state index in [0.29, 0.717) is 25.2 Å². The van der Waals surface area contributed by atoms with Crippen molar-refractivity contribution in [2.45, 2.75) is 77.3 Å². The molecule has 6 heteroatoms. The van der Waals surface area contributed by atoms with Crippen LogP contribution in [0.25, 0.3) is 0 Å². The van der Waals surface area contributed by atoms with Crippen LogP contribution in [0.4, 0.5) is 0 Å². The maximum absolute atomic E-state index is 13.0. The van der Waals surface area contributed by atoms with Crippen LogP contribution in [0.5, 0.6) is 0 Å². The molecular formula is C18H26N2O4. The summed E-state index contributed by atoms with van der Waals surface area (Å²) in [5.41, 5.74) is 1.67. The summed E-state index contributed by atoms with van der Waals surface area (Å²) in [4.78, 5) is 26.4. The molecule has 0 bridgehead atoms. The van der Waals surface area contributed by atoms with Gasteiger partial charge in [-0.25, -0.2) is 4.79 Å². The number of aryl methyl sites for hydroxylation is 2. The predicted molar refractivity (Wildman–Crippen MR) is 87.6 cm³/mol. The third-order valence-corrected chi connectivity index (χ3v) is 5.60. The topological polar surface area (TPSA) is 83.6 Å². The minimum absolute atomic E-state index is 0.0855. The summed E-state index contributed by atoms with van der Waals surface area (Å²) < 4.78 is 5.34. The predicted octanol–water partition coefficient (Wildman–Crippen LogP) is 2.59. The largest absolute Gasteiger partial charge is 0.480 e. The standard InChI is InChI=1S/C18H26N2O4/c1-3-13-12(16(4-2)24-19-13)10-17(21)20-14-8-6-5-7-11(14)9-15(20)18(22)23/h11,14-15H,3-10H2,1-2H3,(H,22,23)/t11-,14-,15+/m1/s1. The Bertz CT molecular complexity index is 603. The molecule has 2 heterocycles. The molecule has 1 saturated heterocycles. The molecular weight excluding hydrogens is 308 g/mol. The summed E-state index contributed by atoms with van der Waals surface area (Å²) in [5, 5.41) is 13.6. The number of carboxylic acid groups (broad SMARTS) is 1. The number of hydrogen-bond acceptors (Lipinski definition) is 4. The highest BCUT2D eigenvalue weighted by molar-refractivity contribution is 5.86. The first kappa shape index (κ1) is 17.0. The third-order valence-electron chi connectivity index (χ3n) is 5.60. The number of amides is 1. The highest BCUT2D eigenvalue weighted by Gasteiger charge is 2.47. The Morgan fingerprint density at radius 1 is 1.25 bits per heavy atom. The maximum Gasteiger partial charge on any atom is 0.326 e. The van der Waals surface area contributed by atoms with Crippen LogP contribution in [0.3, 0.4) is 0 Å². The molecule has 132 valence electrons. The molecule has 2 fully saturated rings. The number of rotatable bonds is 5. The molecule has 1 aliphatic heterocycles. The van der Waals surface area contributed by atoms with Crippen molar-refractivity contribution in [3.05, 3.63) is 17.0 Å². The first-order chi connectivity index (χ1) is 11.6. The Balaban J connectivity index is 1.84. The second-order valence-corrected chi connectivity index (χ2v) is 6.92. The summed E-state index contributed by atoms with van der Waals surface area (Å²) in [5.74, 6) is 0.105.